The zero-order valence-electron chi connectivity index (χ0n) is 15.2. The van der Waals surface area contributed by atoms with Crippen LogP contribution in [0.25, 0.3) is 6.08 Å². The van der Waals surface area contributed by atoms with E-state index in [1.54, 1.807) is 6.07 Å². The molecule has 26 heavy (non-hydrogen) atoms. The number of aliphatic hydroxyl groups is 1. The molecule has 0 aromatic heterocycles. The summed E-state index contributed by atoms with van der Waals surface area (Å²) >= 11 is 12.1. The maximum absolute atomic E-state index is 9.95. The number of aliphatic hydroxyl groups excluding tert-OH is 1. The minimum absolute atomic E-state index is 0.233. The Hall–Kier alpha value is -1.04. The molecule has 0 heterocycles. The van der Waals surface area contributed by atoms with Crippen LogP contribution in [0.4, 0.5) is 0 Å². The van der Waals surface area contributed by atoms with Crippen molar-refractivity contribution in [1.82, 2.24) is 10.8 Å². The Morgan fingerprint density at radius 2 is 2.15 bits per heavy atom. The summed E-state index contributed by atoms with van der Waals surface area (Å²) < 4.78 is 0. The van der Waals surface area contributed by atoms with E-state index in [-0.39, 0.29) is 6.61 Å². The SMILES string of the molecule is CCCCNC[C@@H](O)CONC1=CCCCC1=Cc1ccc(Cl)c(Cl)c1. The largest absolute Gasteiger partial charge is 0.389 e. The highest BCUT2D eigenvalue weighted by molar-refractivity contribution is 6.42. The molecule has 1 aromatic rings. The molecule has 0 unspecified atom stereocenters. The third-order valence-corrected chi connectivity index (χ3v) is 4.91. The minimum atomic E-state index is -0.536. The second-order valence-electron chi connectivity index (χ2n) is 6.48. The molecule has 2 rings (SSSR count). The number of hydrogen-bond acceptors (Lipinski definition) is 4. The average Bonchev–Trinajstić information content (AvgIpc) is 2.63. The number of benzene rings is 1. The lowest BCUT2D eigenvalue weighted by atomic mass is 9.97. The molecule has 0 fully saturated rings. The molecule has 144 valence electrons. The number of unbranched alkanes of at least 4 members (excludes halogenated alkanes) is 1. The van der Waals surface area contributed by atoms with Gasteiger partial charge in [0, 0.05) is 6.54 Å². The molecule has 1 aliphatic rings. The van der Waals surface area contributed by atoms with E-state index in [1.807, 2.05) is 12.1 Å². The summed E-state index contributed by atoms with van der Waals surface area (Å²) in [4.78, 5) is 5.51. The van der Waals surface area contributed by atoms with Crippen LogP contribution >= 0.6 is 23.2 Å². The van der Waals surface area contributed by atoms with E-state index in [4.69, 9.17) is 28.0 Å². The number of allylic oxidation sites excluding steroid dienone is 2. The Morgan fingerprint density at radius 1 is 1.31 bits per heavy atom. The van der Waals surface area contributed by atoms with E-state index in [1.165, 1.54) is 0 Å². The molecule has 0 bridgehead atoms. The first-order valence-corrected chi connectivity index (χ1v) is 9.98. The molecule has 1 aromatic carbocycles. The predicted molar refractivity (Wildman–Crippen MR) is 109 cm³/mol. The lowest BCUT2D eigenvalue weighted by Gasteiger charge is -2.20. The van der Waals surface area contributed by atoms with Crippen molar-refractivity contribution in [3.8, 4) is 0 Å². The third kappa shape index (κ3) is 7.29. The fourth-order valence-corrected chi connectivity index (χ4v) is 3.02. The highest BCUT2D eigenvalue weighted by Gasteiger charge is 2.12. The van der Waals surface area contributed by atoms with Crippen LogP contribution < -0.4 is 10.8 Å². The first-order valence-electron chi connectivity index (χ1n) is 9.23. The monoisotopic (exact) mass is 398 g/mol. The molecule has 0 saturated heterocycles. The molecule has 1 atom stereocenters. The fraction of sp³-hybridized carbons (Fsp3) is 0.500. The number of halogens is 2. The first kappa shape index (κ1) is 21.3. The first-order chi connectivity index (χ1) is 12.6. The molecule has 6 heteroatoms. The summed E-state index contributed by atoms with van der Waals surface area (Å²) in [6.45, 7) is 3.83. The molecule has 0 spiro atoms. The molecular formula is C20H28Cl2N2O2. The van der Waals surface area contributed by atoms with Crippen LogP contribution in [-0.4, -0.2) is 30.9 Å². The Kier molecular flexibility index (Phi) is 9.51. The van der Waals surface area contributed by atoms with Crippen molar-refractivity contribution in [2.24, 2.45) is 0 Å². The van der Waals surface area contributed by atoms with Crippen LogP contribution in [0.5, 0.6) is 0 Å². The van der Waals surface area contributed by atoms with Crippen molar-refractivity contribution in [2.45, 2.75) is 45.1 Å². The van der Waals surface area contributed by atoms with Gasteiger partial charge in [-0.25, -0.2) is 0 Å². The van der Waals surface area contributed by atoms with E-state index in [0.29, 0.717) is 16.6 Å². The van der Waals surface area contributed by atoms with Crippen LogP contribution in [0.2, 0.25) is 10.0 Å². The molecule has 1 aliphatic carbocycles. The van der Waals surface area contributed by atoms with Crippen molar-refractivity contribution >= 4 is 29.3 Å². The number of hydrogen-bond donors (Lipinski definition) is 3. The lowest BCUT2D eigenvalue weighted by molar-refractivity contribution is -0.00450. The molecule has 4 nitrogen and oxygen atoms in total. The molecule has 3 N–H and O–H groups in total. The van der Waals surface area contributed by atoms with Crippen molar-refractivity contribution in [3.63, 3.8) is 0 Å². The smallest absolute Gasteiger partial charge is 0.102 e. The van der Waals surface area contributed by atoms with Crippen molar-refractivity contribution < 1.29 is 9.94 Å². The molecular weight excluding hydrogens is 371 g/mol. The van der Waals surface area contributed by atoms with E-state index in [9.17, 15) is 5.11 Å². The van der Waals surface area contributed by atoms with Crippen LogP contribution in [0.1, 0.15) is 44.6 Å². The van der Waals surface area contributed by atoms with Gasteiger partial charge < -0.3 is 10.4 Å². The number of hydroxylamine groups is 1. The van der Waals surface area contributed by atoms with Crippen LogP contribution in [-0.2, 0) is 4.84 Å². The average molecular weight is 399 g/mol. The quantitative estimate of drug-likeness (QED) is 0.394. The summed E-state index contributed by atoms with van der Waals surface area (Å²) in [7, 11) is 0. The Bertz CT molecular complexity index is 632. The zero-order valence-corrected chi connectivity index (χ0v) is 16.7. The van der Waals surface area contributed by atoms with Gasteiger partial charge in [0.15, 0.2) is 0 Å². The minimum Gasteiger partial charge on any atom is -0.389 e. The standard InChI is InChI=1S/C20H28Cl2N2O2/c1-2-3-10-23-13-17(25)14-26-24-20-7-5-4-6-16(20)11-15-8-9-18(21)19(22)12-15/h7-9,11-12,17,23-25H,2-6,10,13-14H2,1H3/t17-/m1/s1. The normalized spacial score (nSPS) is 17.2. The van der Waals surface area contributed by atoms with E-state index in [2.05, 4.69) is 29.9 Å². The van der Waals surface area contributed by atoms with Gasteiger partial charge in [-0.1, -0.05) is 48.7 Å². The van der Waals surface area contributed by atoms with E-state index in [0.717, 1.165) is 55.5 Å². The second-order valence-corrected chi connectivity index (χ2v) is 7.29. The van der Waals surface area contributed by atoms with Crippen molar-refractivity contribution in [3.05, 3.63) is 51.2 Å². The third-order valence-electron chi connectivity index (χ3n) is 4.17. The molecule has 0 amide bonds. The van der Waals surface area contributed by atoms with Gasteiger partial charge in [-0.3, -0.25) is 10.3 Å². The Balaban J connectivity index is 1.85. The van der Waals surface area contributed by atoms with Gasteiger partial charge in [-0.05, 0) is 61.6 Å². The van der Waals surface area contributed by atoms with Gasteiger partial charge in [0.05, 0.1) is 21.8 Å². The van der Waals surface area contributed by atoms with Crippen LogP contribution in [0, 0.1) is 0 Å². The zero-order chi connectivity index (χ0) is 18.8. The van der Waals surface area contributed by atoms with Crippen molar-refractivity contribution in [2.75, 3.05) is 19.7 Å². The van der Waals surface area contributed by atoms with Gasteiger partial charge >= 0.3 is 0 Å². The molecule has 0 radical (unpaired) electrons. The van der Waals surface area contributed by atoms with Gasteiger partial charge in [-0.2, -0.15) is 0 Å². The maximum Gasteiger partial charge on any atom is 0.102 e. The topological polar surface area (TPSA) is 53.5 Å². The number of rotatable bonds is 10. The highest BCUT2D eigenvalue weighted by Crippen LogP contribution is 2.27. The van der Waals surface area contributed by atoms with Crippen LogP contribution in [0.15, 0.2) is 35.5 Å². The fourth-order valence-electron chi connectivity index (χ4n) is 2.71. The summed E-state index contributed by atoms with van der Waals surface area (Å²) in [6, 6.07) is 5.60. The Labute approximate surface area is 166 Å². The summed E-state index contributed by atoms with van der Waals surface area (Å²) in [5.74, 6) is 0. The molecule has 0 saturated carbocycles. The summed E-state index contributed by atoms with van der Waals surface area (Å²) in [6.07, 6.45) is 9.00. The number of nitrogens with one attached hydrogen (secondary N) is 2. The predicted octanol–water partition coefficient (Wildman–Crippen LogP) is 4.72. The molecule has 0 aliphatic heterocycles. The second kappa shape index (κ2) is 11.6. The van der Waals surface area contributed by atoms with Crippen LogP contribution in [0.3, 0.4) is 0 Å². The summed E-state index contributed by atoms with van der Waals surface area (Å²) in [5, 5.41) is 14.3. The van der Waals surface area contributed by atoms with Crippen molar-refractivity contribution in [1.29, 1.82) is 0 Å². The van der Waals surface area contributed by atoms with E-state index < -0.39 is 6.10 Å². The van der Waals surface area contributed by atoms with Gasteiger partial charge in [-0.15, -0.1) is 0 Å². The maximum atomic E-state index is 9.95. The highest BCUT2D eigenvalue weighted by atomic mass is 35.5. The lowest BCUT2D eigenvalue weighted by Crippen LogP contribution is -2.33. The summed E-state index contributed by atoms with van der Waals surface area (Å²) in [5.41, 5.74) is 6.11. The van der Waals surface area contributed by atoms with E-state index >= 15 is 0 Å². The Morgan fingerprint density at radius 3 is 2.92 bits per heavy atom. The van der Waals surface area contributed by atoms with Gasteiger partial charge in [0.2, 0.25) is 0 Å². The van der Waals surface area contributed by atoms with Gasteiger partial charge in [0.25, 0.3) is 0 Å². The van der Waals surface area contributed by atoms with Gasteiger partial charge in [0.1, 0.15) is 6.61 Å².